The van der Waals surface area contributed by atoms with Crippen LogP contribution >= 0.6 is 0 Å². The van der Waals surface area contributed by atoms with E-state index in [0.29, 0.717) is 0 Å². The van der Waals surface area contributed by atoms with Crippen molar-refractivity contribution in [2.45, 2.75) is 31.9 Å². The number of aliphatic hydroxyl groups excluding tert-OH is 1. The first-order valence-corrected chi connectivity index (χ1v) is 8.65. The summed E-state index contributed by atoms with van der Waals surface area (Å²) in [6.45, 7) is 1.24. The quantitative estimate of drug-likeness (QED) is 0.514. The van der Waals surface area contributed by atoms with E-state index >= 15 is 0 Å². The fourth-order valence-corrected chi connectivity index (χ4v) is 2.64. The third-order valence-electron chi connectivity index (χ3n) is 3.90. The fourth-order valence-electron chi connectivity index (χ4n) is 2.64. The molecule has 152 valence electrons. The van der Waals surface area contributed by atoms with Crippen LogP contribution in [0.4, 0.5) is 4.79 Å². The van der Waals surface area contributed by atoms with Crippen molar-refractivity contribution in [1.82, 2.24) is 4.90 Å². The first kappa shape index (κ1) is 21.5. The Labute approximate surface area is 162 Å². The number of ketones is 1. The Bertz CT molecular complexity index is 705. The molecule has 0 fully saturated rings. The van der Waals surface area contributed by atoms with E-state index in [1.54, 1.807) is 31.2 Å². The molecule has 3 atom stereocenters. The fraction of sp³-hybridized carbons (Fsp3) is 0.421. The van der Waals surface area contributed by atoms with Crippen LogP contribution in [0.25, 0.3) is 0 Å². The van der Waals surface area contributed by atoms with E-state index in [1.807, 2.05) is 6.07 Å². The Hall–Kier alpha value is -2.75. The molecule has 1 aromatic carbocycles. The van der Waals surface area contributed by atoms with Crippen LogP contribution < -0.4 is 0 Å². The summed E-state index contributed by atoms with van der Waals surface area (Å²) >= 11 is 0. The van der Waals surface area contributed by atoms with E-state index in [-0.39, 0.29) is 20.0 Å². The molecule has 9 heteroatoms. The number of benzene rings is 1. The minimum absolute atomic E-state index is 0.0451. The number of amides is 1. The van der Waals surface area contributed by atoms with Gasteiger partial charge in [-0.1, -0.05) is 30.3 Å². The van der Waals surface area contributed by atoms with Crippen LogP contribution in [-0.4, -0.2) is 66.7 Å². The van der Waals surface area contributed by atoms with Gasteiger partial charge < -0.3 is 24.1 Å². The molecular weight excluding hydrogens is 370 g/mol. The summed E-state index contributed by atoms with van der Waals surface area (Å²) in [5.74, 6) is -1.47. The summed E-state index contributed by atoms with van der Waals surface area (Å²) in [5, 5.41) is 10.3. The number of carbonyl (C=O) groups is 3. The van der Waals surface area contributed by atoms with Crippen molar-refractivity contribution in [3.05, 3.63) is 48.0 Å². The van der Waals surface area contributed by atoms with Gasteiger partial charge in [-0.3, -0.25) is 9.69 Å². The molecule has 1 amide bonds. The first-order chi connectivity index (χ1) is 13.5. The van der Waals surface area contributed by atoms with Crippen LogP contribution in [-0.2, 0) is 35.1 Å². The van der Waals surface area contributed by atoms with E-state index < -0.39 is 36.2 Å². The largest absolute Gasteiger partial charge is 0.464 e. The average molecular weight is 393 g/mol. The smallest absolute Gasteiger partial charge is 0.413 e. The van der Waals surface area contributed by atoms with Crippen molar-refractivity contribution >= 4 is 17.8 Å². The van der Waals surface area contributed by atoms with Gasteiger partial charge in [0.25, 0.3) is 0 Å². The van der Waals surface area contributed by atoms with Crippen molar-refractivity contribution in [2.75, 3.05) is 20.5 Å². The zero-order valence-electron chi connectivity index (χ0n) is 15.6. The van der Waals surface area contributed by atoms with Crippen LogP contribution in [0.5, 0.6) is 0 Å². The van der Waals surface area contributed by atoms with Gasteiger partial charge in [-0.25, -0.2) is 9.59 Å². The van der Waals surface area contributed by atoms with Crippen LogP contribution in [0.15, 0.2) is 42.5 Å². The highest BCUT2D eigenvalue weighted by Gasteiger charge is 2.46. The summed E-state index contributed by atoms with van der Waals surface area (Å²) in [6, 6.07) is 7.43. The Morgan fingerprint density at radius 1 is 1.21 bits per heavy atom. The Balaban J connectivity index is 2.23. The lowest BCUT2D eigenvalue weighted by atomic mass is 10.00. The molecule has 0 aromatic heterocycles. The van der Waals surface area contributed by atoms with Gasteiger partial charge in [-0.05, 0) is 24.6 Å². The van der Waals surface area contributed by atoms with Gasteiger partial charge in [0, 0.05) is 7.11 Å². The van der Waals surface area contributed by atoms with Gasteiger partial charge in [-0.15, -0.1) is 0 Å². The minimum Gasteiger partial charge on any atom is -0.464 e. The molecule has 9 nitrogen and oxygen atoms in total. The molecule has 0 bridgehead atoms. The van der Waals surface area contributed by atoms with E-state index in [2.05, 4.69) is 0 Å². The van der Waals surface area contributed by atoms with Gasteiger partial charge in [0.15, 0.2) is 18.1 Å². The van der Waals surface area contributed by atoms with Gasteiger partial charge in [0.2, 0.25) is 0 Å². The predicted octanol–water partition coefficient (Wildman–Crippen LogP) is 1.00. The van der Waals surface area contributed by atoms with E-state index in [9.17, 15) is 19.5 Å². The third kappa shape index (κ3) is 5.38. The second-order valence-corrected chi connectivity index (χ2v) is 5.81. The number of methoxy groups -OCH3 is 1. The second kappa shape index (κ2) is 10.5. The molecule has 0 radical (unpaired) electrons. The van der Waals surface area contributed by atoms with Crippen molar-refractivity contribution in [3.63, 3.8) is 0 Å². The zero-order valence-corrected chi connectivity index (χ0v) is 15.6. The Morgan fingerprint density at radius 3 is 2.57 bits per heavy atom. The molecule has 0 spiro atoms. The number of hydrogen-bond donors (Lipinski definition) is 1. The van der Waals surface area contributed by atoms with Gasteiger partial charge in [0.1, 0.15) is 19.4 Å². The van der Waals surface area contributed by atoms with Crippen LogP contribution in [0.2, 0.25) is 0 Å². The van der Waals surface area contributed by atoms with Gasteiger partial charge >= 0.3 is 12.1 Å². The number of hydrogen-bond acceptors (Lipinski definition) is 8. The molecule has 1 unspecified atom stereocenters. The number of rotatable bonds is 8. The highest BCUT2D eigenvalue weighted by molar-refractivity contribution is 6.01. The number of aliphatic hydroxyl groups is 1. The van der Waals surface area contributed by atoms with Gasteiger partial charge in [0.05, 0.1) is 6.61 Å². The summed E-state index contributed by atoms with van der Waals surface area (Å²) in [4.78, 5) is 38.1. The highest BCUT2D eigenvalue weighted by Crippen LogP contribution is 2.21. The normalized spacial score (nSPS) is 20.0. The molecule has 0 saturated carbocycles. The van der Waals surface area contributed by atoms with Crippen molar-refractivity contribution in [3.8, 4) is 0 Å². The molecule has 1 aliphatic rings. The maximum atomic E-state index is 12.6. The molecule has 28 heavy (non-hydrogen) atoms. The predicted molar refractivity (Wildman–Crippen MR) is 95.8 cm³/mol. The maximum absolute atomic E-state index is 12.6. The molecule has 1 aromatic rings. The highest BCUT2D eigenvalue weighted by atomic mass is 16.7. The SMILES string of the molecule is CCOC(=O)[C@H](OCOC)[C@@H]1C(=O)C=CC(O)N1C(=O)OCc1ccccc1. The van der Waals surface area contributed by atoms with E-state index in [0.717, 1.165) is 22.6 Å². The van der Waals surface area contributed by atoms with Crippen LogP contribution in [0.1, 0.15) is 12.5 Å². The van der Waals surface area contributed by atoms with Crippen LogP contribution in [0, 0.1) is 0 Å². The summed E-state index contributed by atoms with van der Waals surface area (Å²) in [6.07, 6.45) is -1.74. The number of esters is 1. The molecule has 1 N–H and O–H groups in total. The number of carbonyl (C=O) groups excluding carboxylic acids is 3. The Kier molecular flexibility index (Phi) is 8.12. The minimum atomic E-state index is -1.49. The van der Waals surface area contributed by atoms with Crippen LogP contribution in [0.3, 0.4) is 0 Å². The lowest BCUT2D eigenvalue weighted by Crippen LogP contribution is -2.60. The van der Waals surface area contributed by atoms with Crippen molar-refractivity contribution < 1.29 is 38.4 Å². The van der Waals surface area contributed by atoms with Crippen molar-refractivity contribution in [2.24, 2.45) is 0 Å². The molecule has 0 saturated heterocycles. The van der Waals surface area contributed by atoms with E-state index in [1.165, 1.54) is 7.11 Å². The average Bonchev–Trinajstić information content (AvgIpc) is 2.70. The molecule has 2 rings (SSSR count). The summed E-state index contributed by atoms with van der Waals surface area (Å²) < 4.78 is 20.2. The van der Waals surface area contributed by atoms with E-state index in [4.69, 9.17) is 18.9 Å². The maximum Gasteiger partial charge on any atom is 0.413 e. The van der Waals surface area contributed by atoms with Gasteiger partial charge in [-0.2, -0.15) is 0 Å². The number of nitrogens with zero attached hydrogens (tertiary/aromatic N) is 1. The summed E-state index contributed by atoms with van der Waals surface area (Å²) in [5.41, 5.74) is 0.721. The van der Waals surface area contributed by atoms with Crippen molar-refractivity contribution in [1.29, 1.82) is 0 Å². The summed E-state index contributed by atoms with van der Waals surface area (Å²) in [7, 11) is 1.34. The first-order valence-electron chi connectivity index (χ1n) is 8.65. The molecule has 1 heterocycles. The number of ether oxygens (including phenoxy) is 4. The second-order valence-electron chi connectivity index (χ2n) is 5.81. The third-order valence-corrected chi connectivity index (χ3v) is 3.90. The lowest BCUT2D eigenvalue weighted by Gasteiger charge is -2.37. The monoisotopic (exact) mass is 393 g/mol. The molecule has 0 aliphatic carbocycles. The Morgan fingerprint density at radius 2 is 1.93 bits per heavy atom. The zero-order chi connectivity index (χ0) is 20.5. The molecule has 1 aliphatic heterocycles. The molecular formula is C19H23NO8. The standard InChI is InChI=1S/C19H23NO8/c1-3-26-18(23)17(28-12-25-2)16-14(21)9-10-15(22)20(16)19(24)27-11-13-7-5-4-6-8-13/h4-10,15-17,22H,3,11-12H2,1-2H3/t15?,16-,17+/m0/s1. The lowest BCUT2D eigenvalue weighted by molar-refractivity contribution is -0.176. The topological polar surface area (TPSA) is 112 Å².